The molecule has 2 nitrogen and oxygen atoms in total. The summed E-state index contributed by atoms with van der Waals surface area (Å²) in [5.41, 5.74) is 1.18. The van der Waals surface area contributed by atoms with Crippen LogP contribution in [0.4, 0.5) is 14.5 Å². The van der Waals surface area contributed by atoms with Gasteiger partial charge in [-0.15, -0.1) is 0 Å². The standard InChI is InChI=1S/C17H17F2NO/c1-2-6-14(12-7-4-3-5-8-12)17(21)20-13-9-10-15(18)16(19)11-13/h3-5,7-11,14H,2,6H2,1H3,(H,20,21). The molecule has 0 saturated heterocycles. The van der Waals surface area contributed by atoms with Crippen molar-refractivity contribution in [2.75, 3.05) is 5.32 Å². The highest BCUT2D eigenvalue weighted by Crippen LogP contribution is 2.23. The number of hydrogen-bond donors (Lipinski definition) is 1. The molecule has 0 aliphatic heterocycles. The number of carbonyl (C=O) groups is 1. The van der Waals surface area contributed by atoms with Gasteiger partial charge < -0.3 is 5.32 Å². The summed E-state index contributed by atoms with van der Waals surface area (Å²) in [6.45, 7) is 2.00. The highest BCUT2D eigenvalue weighted by atomic mass is 19.2. The molecule has 1 N–H and O–H groups in total. The van der Waals surface area contributed by atoms with Crippen molar-refractivity contribution in [2.45, 2.75) is 25.7 Å². The van der Waals surface area contributed by atoms with Crippen molar-refractivity contribution in [3.05, 3.63) is 65.7 Å². The van der Waals surface area contributed by atoms with Gasteiger partial charge in [-0.2, -0.15) is 0 Å². The molecule has 0 aliphatic carbocycles. The largest absolute Gasteiger partial charge is 0.325 e. The van der Waals surface area contributed by atoms with E-state index in [0.717, 1.165) is 24.1 Å². The highest BCUT2D eigenvalue weighted by molar-refractivity contribution is 5.95. The molecule has 0 saturated carbocycles. The van der Waals surface area contributed by atoms with Gasteiger partial charge >= 0.3 is 0 Å². The molecule has 0 fully saturated rings. The lowest BCUT2D eigenvalue weighted by atomic mass is 9.93. The zero-order chi connectivity index (χ0) is 15.2. The molecule has 4 heteroatoms. The Hall–Kier alpha value is -2.23. The van der Waals surface area contributed by atoms with Gasteiger partial charge in [0.25, 0.3) is 0 Å². The van der Waals surface area contributed by atoms with Crippen LogP contribution in [0.25, 0.3) is 0 Å². The molecule has 0 aliphatic rings. The minimum absolute atomic E-state index is 0.214. The first-order valence-corrected chi connectivity index (χ1v) is 6.92. The van der Waals surface area contributed by atoms with Gasteiger partial charge in [-0.1, -0.05) is 43.7 Å². The molecule has 2 aromatic rings. The van der Waals surface area contributed by atoms with E-state index in [1.54, 1.807) is 0 Å². The Morgan fingerprint density at radius 3 is 2.43 bits per heavy atom. The van der Waals surface area contributed by atoms with Gasteiger partial charge in [0.15, 0.2) is 11.6 Å². The Morgan fingerprint density at radius 1 is 1.10 bits per heavy atom. The fourth-order valence-electron chi connectivity index (χ4n) is 2.23. The van der Waals surface area contributed by atoms with Crippen molar-refractivity contribution in [3.63, 3.8) is 0 Å². The molecule has 0 radical (unpaired) electrons. The van der Waals surface area contributed by atoms with Crippen molar-refractivity contribution in [1.82, 2.24) is 0 Å². The summed E-state index contributed by atoms with van der Waals surface area (Å²) in [5.74, 6) is -2.42. The minimum atomic E-state index is -0.973. The Balaban J connectivity index is 2.17. The predicted octanol–water partition coefficient (Wildman–Crippen LogP) is 4.49. The molecule has 1 atom stereocenters. The van der Waals surface area contributed by atoms with Crippen molar-refractivity contribution in [2.24, 2.45) is 0 Å². The molecular weight excluding hydrogens is 272 g/mol. The summed E-state index contributed by atoms with van der Waals surface area (Å²) in [6.07, 6.45) is 1.55. The van der Waals surface area contributed by atoms with E-state index < -0.39 is 11.6 Å². The SMILES string of the molecule is CCCC(C(=O)Nc1ccc(F)c(F)c1)c1ccccc1. The molecule has 21 heavy (non-hydrogen) atoms. The Bertz CT molecular complexity index is 613. The third-order valence-corrected chi connectivity index (χ3v) is 3.28. The maximum atomic E-state index is 13.2. The van der Waals surface area contributed by atoms with Crippen LogP contribution in [0.2, 0.25) is 0 Å². The lowest BCUT2D eigenvalue weighted by Crippen LogP contribution is -2.21. The molecule has 2 rings (SSSR count). The van der Waals surface area contributed by atoms with Crippen molar-refractivity contribution in [1.29, 1.82) is 0 Å². The molecule has 0 heterocycles. The second-order valence-electron chi connectivity index (χ2n) is 4.87. The van der Waals surface area contributed by atoms with Gasteiger partial charge in [-0.3, -0.25) is 4.79 Å². The van der Waals surface area contributed by atoms with Gasteiger partial charge in [-0.05, 0) is 24.1 Å². The molecule has 0 bridgehead atoms. The minimum Gasteiger partial charge on any atom is -0.325 e. The summed E-state index contributed by atoms with van der Waals surface area (Å²) >= 11 is 0. The van der Waals surface area contributed by atoms with Crippen LogP contribution >= 0.6 is 0 Å². The van der Waals surface area contributed by atoms with Crippen LogP contribution in [-0.4, -0.2) is 5.91 Å². The van der Waals surface area contributed by atoms with E-state index in [9.17, 15) is 13.6 Å². The topological polar surface area (TPSA) is 29.1 Å². The maximum absolute atomic E-state index is 13.2. The van der Waals surface area contributed by atoms with Gasteiger partial charge in [0.05, 0.1) is 5.92 Å². The van der Waals surface area contributed by atoms with Crippen LogP contribution in [-0.2, 0) is 4.79 Å². The summed E-state index contributed by atoms with van der Waals surface area (Å²) < 4.78 is 26.1. The van der Waals surface area contributed by atoms with E-state index in [0.29, 0.717) is 6.42 Å². The maximum Gasteiger partial charge on any atom is 0.231 e. The zero-order valence-corrected chi connectivity index (χ0v) is 11.8. The van der Waals surface area contributed by atoms with E-state index in [1.807, 2.05) is 37.3 Å². The van der Waals surface area contributed by atoms with E-state index in [2.05, 4.69) is 5.32 Å². The van der Waals surface area contributed by atoms with E-state index in [4.69, 9.17) is 0 Å². The average molecular weight is 289 g/mol. The third kappa shape index (κ3) is 3.88. The fraction of sp³-hybridized carbons (Fsp3) is 0.235. The summed E-state index contributed by atoms with van der Waals surface area (Å²) in [7, 11) is 0. The number of benzene rings is 2. The first-order valence-electron chi connectivity index (χ1n) is 6.92. The third-order valence-electron chi connectivity index (χ3n) is 3.28. The highest BCUT2D eigenvalue weighted by Gasteiger charge is 2.20. The lowest BCUT2D eigenvalue weighted by Gasteiger charge is -2.16. The zero-order valence-electron chi connectivity index (χ0n) is 11.8. The summed E-state index contributed by atoms with van der Waals surface area (Å²) in [4.78, 5) is 12.4. The van der Waals surface area contributed by atoms with E-state index >= 15 is 0 Å². The Labute approximate surface area is 122 Å². The van der Waals surface area contributed by atoms with Gasteiger partial charge in [-0.25, -0.2) is 8.78 Å². The number of anilines is 1. The second kappa shape index (κ2) is 6.97. The van der Waals surface area contributed by atoms with E-state index in [-0.39, 0.29) is 17.5 Å². The first kappa shape index (κ1) is 15.2. The molecule has 1 amide bonds. The van der Waals surface area contributed by atoms with Crippen LogP contribution in [0.1, 0.15) is 31.2 Å². The Morgan fingerprint density at radius 2 is 1.81 bits per heavy atom. The molecule has 2 aromatic carbocycles. The van der Waals surface area contributed by atoms with E-state index in [1.165, 1.54) is 6.07 Å². The van der Waals surface area contributed by atoms with Gasteiger partial charge in [0.1, 0.15) is 0 Å². The molecule has 110 valence electrons. The number of hydrogen-bond acceptors (Lipinski definition) is 1. The normalized spacial score (nSPS) is 12.0. The van der Waals surface area contributed by atoms with Crippen LogP contribution in [0.15, 0.2) is 48.5 Å². The fourth-order valence-corrected chi connectivity index (χ4v) is 2.23. The molecular formula is C17H17F2NO. The van der Waals surface area contributed by atoms with Gasteiger partial charge in [0.2, 0.25) is 5.91 Å². The predicted molar refractivity (Wildman–Crippen MR) is 79.1 cm³/mol. The number of nitrogens with one attached hydrogen (secondary N) is 1. The lowest BCUT2D eigenvalue weighted by molar-refractivity contribution is -0.117. The van der Waals surface area contributed by atoms with Gasteiger partial charge in [0, 0.05) is 11.8 Å². The number of amides is 1. The molecule has 0 spiro atoms. The van der Waals surface area contributed by atoms with Crippen molar-refractivity contribution < 1.29 is 13.6 Å². The molecule has 1 unspecified atom stereocenters. The van der Waals surface area contributed by atoms with Crippen LogP contribution < -0.4 is 5.32 Å². The van der Waals surface area contributed by atoms with Crippen molar-refractivity contribution in [3.8, 4) is 0 Å². The second-order valence-corrected chi connectivity index (χ2v) is 4.87. The molecule has 0 aromatic heterocycles. The smallest absolute Gasteiger partial charge is 0.231 e. The monoisotopic (exact) mass is 289 g/mol. The Kier molecular flexibility index (Phi) is 5.04. The number of carbonyl (C=O) groups excluding carboxylic acids is 1. The first-order chi connectivity index (χ1) is 10.1. The number of rotatable bonds is 5. The summed E-state index contributed by atoms with van der Waals surface area (Å²) in [5, 5.41) is 2.65. The summed E-state index contributed by atoms with van der Waals surface area (Å²) in [6, 6.07) is 12.8. The van der Waals surface area contributed by atoms with Crippen LogP contribution in [0.3, 0.4) is 0 Å². The quantitative estimate of drug-likeness (QED) is 0.863. The number of halogens is 2. The average Bonchev–Trinajstić information content (AvgIpc) is 2.49. The van der Waals surface area contributed by atoms with Crippen LogP contribution in [0.5, 0.6) is 0 Å². The van der Waals surface area contributed by atoms with Crippen LogP contribution in [0, 0.1) is 11.6 Å². The van der Waals surface area contributed by atoms with Crippen molar-refractivity contribution >= 4 is 11.6 Å².